The molecular formula is C34H45N5O5. The first-order valence-corrected chi connectivity index (χ1v) is 14.7. The van der Waals surface area contributed by atoms with Crippen LogP contribution in [-0.4, -0.2) is 60.3 Å². The third-order valence-electron chi connectivity index (χ3n) is 6.75. The highest BCUT2D eigenvalue weighted by Gasteiger charge is 2.25. The first kappa shape index (κ1) is 35.3. The zero-order valence-corrected chi connectivity index (χ0v) is 26.7. The fourth-order valence-corrected chi connectivity index (χ4v) is 4.31. The van der Waals surface area contributed by atoms with Crippen LogP contribution in [0.25, 0.3) is 0 Å². The second-order valence-corrected chi connectivity index (χ2v) is 9.83. The predicted octanol–water partition coefficient (Wildman–Crippen LogP) is 6.48. The highest BCUT2D eigenvalue weighted by Crippen LogP contribution is 2.31. The Bertz CT molecular complexity index is 1450. The molecule has 1 aliphatic rings. The van der Waals surface area contributed by atoms with E-state index in [0.717, 1.165) is 34.7 Å². The monoisotopic (exact) mass is 603 g/mol. The predicted molar refractivity (Wildman–Crippen MR) is 178 cm³/mol. The lowest BCUT2D eigenvalue weighted by atomic mass is 9.94. The summed E-state index contributed by atoms with van der Waals surface area (Å²) >= 11 is 0. The third-order valence-corrected chi connectivity index (χ3v) is 6.75. The van der Waals surface area contributed by atoms with E-state index >= 15 is 0 Å². The number of benzodiazepines with no additional fused rings is 1. The summed E-state index contributed by atoms with van der Waals surface area (Å²) in [6.07, 6.45) is 1.10. The molecule has 0 saturated carbocycles. The second-order valence-electron chi connectivity index (χ2n) is 9.83. The fraction of sp³-hybridized carbons (Fsp3) is 0.353. The first-order chi connectivity index (χ1) is 21.0. The van der Waals surface area contributed by atoms with Crippen molar-refractivity contribution >= 4 is 29.0 Å². The van der Waals surface area contributed by atoms with Crippen molar-refractivity contribution in [2.75, 3.05) is 31.7 Å². The molecule has 1 aliphatic heterocycles. The number of nitrogens with one attached hydrogen (secondary N) is 3. The Hall–Kier alpha value is -4.86. The summed E-state index contributed by atoms with van der Waals surface area (Å²) in [5, 5.41) is 37.2. The molecule has 3 aromatic carbocycles. The Morgan fingerprint density at radius 3 is 2.25 bits per heavy atom. The number of phenolic OH excluding ortho intramolecular Hbond substituents is 2. The van der Waals surface area contributed by atoms with Crippen molar-refractivity contribution in [3.05, 3.63) is 77.4 Å². The quantitative estimate of drug-likeness (QED) is 0.0860. The summed E-state index contributed by atoms with van der Waals surface area (Å²) in [6.45, 7) is 12.5. The number of anilines is 1. The van der Waals surface area contributed by atoms with Gasteiger partial charge in [0.05, 0.1) is 31.6 Å². The minimum Gasteiger partial charge on any atom is -0.504 e. The van der Waals surface area contributed by atoms with Crippen molar-refractivity contribution in [1.29, 1.82) is 10.8 Å². The number of carbonyl (C=O) groups is 1. The van der Waals surface area contributed by atoms with Crippen molar-refractivity contribution in [2.24, 2.45) is 4.99 Å². The topological polar surface area (TPSA) is 151 Å². The number of hydrogen-bond acceptors (Lipinski definition) is 8. The van der Waals surface area contributed by atoms with Crippen LogP contribution in [0, 0.1) is 10.8 Å². The minimum absolute atomic E-state index is 0.118. The molecule has 0 aliphatic carbocycles. The molecule has 0 aromatic heterocycles. The highest BCUT2D eigenvalue weighted by molar-refractivity contribution is 6.25. The summed E-state index contributed by atoms with van der Waals surface area (Å²) in [4.78, 5) is 16.9. The van der Waals surface area contributed by atoms with Crippen LogP contribution in [0.3, 0.4) is 0 Å². The number of benzene rings is 3. The lowest BCUT2D eigenvalue weighted by Gasteiger charge is -2.24. The molecule has 1 amide bonds. The number of amides is 1. The van der Waals surface area contributed by atoms with E-state index in [4.69, 9.17) is 35.5 Å². The standard InChI is InChI=1S/C22H26N4O.C10H13NO4.C2H6/c1-5-14(2)16-6-8-17(9-7-16)22-19-12-18(27-4)10-11-20(19)26(15(3)23)21(24)13-25-22;1-7(12)11-4-5-15-8-2-3-9(13)10(14)6-8;1-2/h6-12,14,23-24H,5,13H2,1-4H3;2-3,6,13-14H,4-5H2,1H3,(H,11,12);1-2H3. The normalized spacial score (nSPS) is 12.6. The van der Waals surface area contributed by atoms with Gasteiger partial charge in [-0.15, -0.1) is 0 Å². The van der Waals surface area contributed by atoms with E-state index in [9.17, 15) is 4.79 Å². The number of aromatic hydroxyl groups is 2. The van der Waals surface area contributed by atoms with Gasteiger partial charge in [-0.05, 0) is 55.2 Å². The minimum atomic E-state index is -0.230. The average Bonchev–Trinajstić information content (AvgIpc) is 3.17. The summed E-state index contributed by atoms with van der Waals surface area (Å²) in [5.41, 5.74) is 4.81. The molecule has 1 heterocycles. The Kier molecular flexibility index (Phi) is 13.9. The number of aliphatic imine (C=N–C) groups is 1. The average molecular weight is 604 g/mol. The molecule has 10 heteroatoms. The van der Waals surface area contributed by atoms with Crippen LogP contribution >= 0.6 is 0 Å². The molecule has 1 atom stereocenters. The van der Waals surface area contributed by atoms with E-state index in [2.05, 4.69) is 43.4 Å². The van der Waals surface area contributed by atoms with Crippen molar-refractivity contribution in [3.8, 4) is 23.0 Å². The van der Waals surface area contributed by atoms with Crippen LogP contribution in [0.4, 0.5) is 5.69 Å². The maximum Gasteiger partial charge on any atom is 0.216 e. The summed E-state index contributed by atoms with van der Waals surface area (Å²) < 4.78 is 10.6. The third kappa shape index (κ3) is 9.58. The lowest BCUT2D eigenvalue weighted by molar-refractivity contribution is -0.119. The number of carbonyl (C=O) groups excluding carboxylic acids is 1. The zero-order valence-electron chi connectivity index (χ0n) is 26.7. The summed E-state index contributed by atoms with van der Waals surface area (Å²) in [5.74, 6) is 1.74. The van der Waals surface area contributed by atoms with Gasteiger partial charge in [0, 0.05) is 24.1 Å². The van der Waals surface area contributed by atoms with Crippen molar-refractivity contribution in [3.63, 3.8) is 0 Å². The number of ether oxygens (including phenoxy) is 2. The van der Waals surface area contributed by atoms with Gasteiger partial charge in [-0.3, -0.25) is 25.5 Å². The van der Waals surface area contributed by atoms with Gasteiger partial charge in [0.25, 0.3) is 0 Å². The molecule has 0 radical (unpaired) electrons. The number of rotatable bonds is 8. The van der Waals surface area contributed by atoms with Crippen LogP contribution in [0.1, 0.15) is 70.6 Å². The molecule has 0 saturated heterocycles. The van der Waals surface area contributed by atoms with Crippen LogP contribution in [0.15, 0.2) is 65.7 Å². The van der Waals surface area contributed by atoms with Crippen LogP contribution in [-0.2, 0) is 4.79 Å². The van der Waals surface area contributed by atoms with Gasteiger partial charge in [0.2, 0.25) is 5.91 Å². The summed E-state index contributed by atoms with van der Waals surface area (Å²) in [7, 11) is 1.64. The Morgan fingerprint density at radius 1 is 1.02 bits per heavy atom. The van der Waals surface area contributed by atoms with Gasteiger partial charge in [0.1, 0.15) is 29.8 Å². The Balaban J connectivity index is 0.000000337. The van der Waals surface area contributed by atoms with E-state index in [-0.39, 0.29) is 24.0 Å². The largest absolute Gasteiger partial charge is 0.504 e. The van der Waals surface area contributed by atoms with E-state index in [1.54, 1.807) is 18.9 Å². The van der Waals surface area contributed by atoms with Crippen molar-refractivity contribution in [2.45, 2.75) is 53.9 Å². The van der Waals surface area contributed by atoms with Gasteiger partial charge in [0.15, 0.2) is 11.5 Å². The van der Waals surface area contributed by atoms with Gasteiger partial charge in [-0.1, -0.05) is 52.0 Å². The molecule has 10 nitrogen and oxygen atoms in total. The van der Waals surface area contributed by atoms with E-state index in [0.29, 0.717) is 36.5 Å². The van der Waals surface area contributed by atoms with Crippen molar-refractivity contribution < 1.29 is 24.5 Å². The van der Waals surface area contributed by atoms with E-state index < -0.39 is 0 Å². The van der Waals surface area contributed by atoms with Crippen molar-refractivity contribution in [1.82, 2.24) is 5.32 Å². The summed E-state index contributed by atoms with van der Waals surface area (Å²) in [6, 6.07) is 18.4. The maximum atomic E-state index is 10.5. The maximum absolute atomic E-state index is 10.5. The molecule has 44 heavy (non-hydrogen) atoms. The number of methoxy groups -OCH3 is 1. The second kappa shape index (κ2) is 17.3. The number of fused-ring (bicyclic) bond motifs is 1. The molecule has 4 rings (SSSR count). The molecule has 0 bridgehead atoms. The molecule has 236 valence electrons. The van der Waals surface area contributed by atoms with E-state index in [1.165, 1.54) is 30.7 Å². The van der Waals surface area contributed by atoms with Gasteiger partial charge in [-0.2, -0.15) is 0 Å². The Morgan fingerprint density at radius 2 is 1.68 bits per heavy atom. The number of hydrogen-bond donors (Lipinski definition) is 5. The van der Waals surface area contributed by atoms with Crippen LogP contribution in [0.2, 0.25) is 0 Å². The van der Waals surface area contributed by atoms with Gasteiger partial charge < -0.3 is 25.0 Å². The first-order valence-electron chi connectivity index (χ1n) is 14.7. The SMILES string of the molecule is CC.CC(=O)NCCOc1ccc(O)c(O)c1.CCC(C)c1ccc(C2=NCC(=N)N(C(C)=N)c3ccc(OC)cc32)cc1. The number of amidine groups is 2. The molecule has 0 fully saturated rings. The fourth-order valence-electron chi connectivity index (χ4n) is 4.31. The number of nitrogens with zero attached hydrogens (tertiary/aromatic N) is 2. The highest BCUT2D eigenvalue weighted by atomic mass is 16.5. The lowest BCUT2D eigenvalue weighted by Crippen LogP contribution is -2.35. The molecule has 5 N–H and O–H groups in total. The zero-order chi connectivity index (χ0) is 32.8. The van der Waals surface area contributed by atoms with E-state index in [1.807, 2.05) is 32.0 Å². The Labute approximate surface area is 260 Å². The molecule has 1 unspecified atom stereocenters. The van der Waals surface area contributed by atoms with Gasteiger partial charge in [-0.25, -0.2) is 0 Å². The molecule has 0 spiro atoms. The molecule has 3 aromatic rings. The smallest absolute Gasteiger partial charge is 0.216 e. The molecular weight excluding hydrogens is 558 g/mol. The van der Waals surface area contributed by atoms with Crippen LogP contribution < -0.4 is 19.7 Å². The van der Waals surface area contributed by atoms with Crippen LogP contribution in [0.5, 0.6) is 23.0 Å². The van der Waals surface area contributed by atoms with Gasteiger partial charge >= 0.3 is 0 Å². The number of phenols is 2.